The average Bonchev–Trinajstić information content (AvgIpc) is 2.96. The lowest BCUT2D eigenvalue weighted by Crippen LogP contribution is -2.25. The Bertz CT molecular complexity index is 565. The van der Waals surface area contributed by atoms with E-state index in [1.165, 1.54) is 11.3 Å². The summed E-state index contributed by atoms with van der Waals surface area (Å²) >= 11 is 0. The summed E-state index contributed by atoms with van der Waals surface area (Å²) in [5.41, 5.74) is 3.50. The molecular weight excluding hydrogens is 238 g/mol. The van der Waals surface area contributed by atoms with E-state index in [0.29, 0.717) is 6.04 Å². The fourth-order valence-corrected chi connectivity index (χ4v) is 2.49. The van der Waals surface area contributed by atoms with Gasteiger partial charge in [0.25, 0.3) is 0 Å². The summed E-state index contributed by atoms with van der Waals surface area (Å²) in [6.45, 7) is 6.37. The summed E-state index contributed by atoms with van der Waals surface area (Å²) in [5, 5.41) is 4.70. The second-order valence-corrected chi connectivity index (χ2v) is 5.22. The van der Waals surface area contributed by atoms with Crippen molar-refractivity contribution in [3.63, 3.8) is 0 Å². The third-order valence-electron chi connectivity index (χ3n) is 3.67. The Hall–Kier alpha value is -1.81. The van der Waals surface area contributed by atoms with Gasteiger partial charge in [-0.1, -0.05) is 12.1 Å². The topological polar surface area (TPSA) is 30.3 Å². The van der Waals surface area contributed by atoms with E-state index in [1.54, 1.807) is 7.11 Å². The lowest BCUT2D eigenvalue weighted by atomic mass is 10.3. The van der Waals surface area contributed by atoms with Crippen LogP contribution >= 0.6 is 0 Å². The first-order chi connectivity index (χ1) is 9.19. The summed E-state index contributed by atoms with van der Waals surface area (Å²) in [4.78, 5) is 2.42. The Labute approximate surface area is 113 Å². The third-order valence-corrected chi connectivity index (χ3v) is 3.67. The van der Waals surface area contributed by atoms with Gasteiger partial charge in [0.05, 0.1) is 12.8 Å². The van der Waals surface area contributed by atoms with Crippen LogP contribution in [-0.4, -0.2) is 27.8 Å². The molecule has 0 saturated heterocycles. The van der Waals surface area contributed by atoms with Crippen LogP contribution < -0.4 is 4.74 Å². The highest BCUT2D eigenvalue weighted by atomic mass is 16.5. The molecular formula is C15H19N3O. The normalized spacial score (nSPS) is 14.9. The van der Waals surface area contributed by atoms with Crippen molar-refractivity contribution in [2.75, 3.05) is 7.11 Å². The van der Waals surface area contributed by atoms with Crippen molar-refractivity contribution in [2.45, 2.75) is 33.0 Å². The Morgan fingerprint density at radius 1 is 1.21 bits per heavy atom. The standard InChI is InChI=1S/C15H19N3O/c1-11(2)17-8-12-9-18(16-13(12)10-17)14-6-4-5-7-15(14)19-3/h4-7,9,11H,8,10H2,1-3H3. The molecule has 1 aromatic carbocycles. The van der Waals surface area contributed by atoms with Gasteiger partial charge in [-0.15, -0.1) is 0 Å². The molecule has 0 N–H and O–H groups in total. The highest BCUT2D eigenvalue weighted by Gasteiger charge is 2.24. The molecule has 0 fully saturated rings. The van der Waals surface area contributed by atoms with Gasteiger partial charge in [-0.25, -0.2) is 4.68 Å². The van der Waals surface area contributed by atoms with Crippen LogP contribution in [0.5, 0.6) is 5.75 Å². The van der Waals surface area contributed by atoms with Gasteiger partial charge in [-0.2, -0.15) is 5.10 Å². The number of methoxy groups -OCH3 is 1. The van der Waals surface area contributed by atoms with E-state index in [4.69, 9.17) is 9.84 Å². The third kappa shape index (κ3) is 2.12. The molecule has 4 heteroatoms. The monoisotopic (exact) mass is 257 g/mol. The number of rotatable bonds is 3. The maximum absolute atomic E-state index is 5.39. The van der Waals surface area contributed by atoms with E-state index < -0.39 is 0 Å². The molecule has 100 valence electrons. The number of para-hydroxylation sites is 2. The lowest BCUT2D eigenvalue weighted by Gasteiger charge is -2.19. The first-order valence-electron chi connectivity index (χ1n) is 6.64. The highest BCUT2D eigenvalue weighted by molar-refractivity contribution is 5.46. The molecule has 0 aliphatic carbocycles. The van der Waals surface area contributed by atoms with Crippen LogP contribution in [0.1, 0.15) is 25.1 Å². The Kier molecular flexibility index (Phi) is 3.03. The molecule has 0 spiro atoms. The maximum Gasteiger partial charge on any atom is 0.144 e. The SMILES string of the molecule is COc1ccccc1-n1cc2c(n1)CN(C(C)C)C2. The lowest BCUT2D eigenvalue weighted by molar-refractivity contribution is 0.224. The predicted molar refractivity (Wildman–Crippen MR) is 74.5 cm³/mol. The molecule has 0 atom stereocenters. The van der Waals surface area contributed by atoms with Gasteiger partial charge in [0.15, 0.2) is 0 Å². The molecule has 0 radical (unpaired) electrons. The molecule has 3 rings (SSSR count). The van der Waals surface area contributed by atoms with Crippen LogP contribution in [0.3, 0.4) is 0 Å². The van der Waals surface area contributed by atoms with E-state index in [-0.39, 0.29) is 0 Å². The van der Waals surface area contributed by atoms with E-state index in [9.17, 15) is 0 Å². The first kappa shape index (κ1) is 12.2. The van der Waals surface area contributed by atoms with Crippen LogP contribution in [0, 0.1) is 0 Å². The van der Waals surface area contributed by atoms with Crippen molar-refractivity contribution in [1.82, 2.24) is 14.7 Å². The number of hydrogen-bond acceptors (Lipinski definition) is 3. The van der Waals surface area contributed by atoms with Crippen LogP contribution in [0.4, 0.5) is 0 Å². The first-order valence-corrected chi connectivity index (χ1v) is 6.64. The quantitative estimate of drug-likeness (QED) is 0.846. The minimum Gasteiger partial charge on any atom is -0.494 e. The molecule has 4 nitrogen and oxygen atoms in total. The summed E-state index contributed by atoms with van der Waals surface area (Å²) in [6, 6.07) is 8.53. The van der Waals surface area contributed by atoms with E-state index in [1.807, 2.05) is 28.9 Å². The van der Waals surface area contributed by atoms with Crippen molar-refractivity contribution >= 4 is 0 Å². The van der Waals surface area contributed by atoms with Crippen molar-refractivity contribution in [1.29, 1.82) is 0 Å². The molecule has 0 amide bonds. The smallest absolute Gasteiger partial charge is 0.144 e. The van der Waals surface area contributed by atoms with Crippen molar-refractivity contribution in [3.8, 4) is 11.4 Å². The number of ether oxygens (including phenoxy) is 1. The zero-order chi connectivity index (χ0) is 13.4. The fourth-order valence-electron chi connectivity index (χ4n) is 2.49. The van der Waals surface area contributed by atoms with Gasteiger partial charge in [0.2, 0.25) is 0 Å². The molecule has 1 aromatic heterocycles. The van der Waals surface area contributed by atoms with Crippen molar-refractivity contribution in [3.05, 3.63) is 41.7 Å². The molecule has 1 aliphatic rings. The van der Waals surface area contributed by atoms with Gasteiger partial charge in [0, 0.05) is 30.9 Å². The minimum absolute atomic E-state index is 0.564. The minimum atomic E-state index is 0.564. The zero-order valence-corrected chi connectivity index (χ0v) is 11.6. The second-order valence-electron chi connectivity index (χ2n) is 5.22. The molecule has 0 bridgehead atoms. The van der Waals surface area contributed by atoms with E-state index in [2.05, 4.69) is 24.9 Å². The molecule has 2 aromatic rings. The molecule has 19 heavy (non-hydrogen) atoms. The van der Waals surface area contributed by atoms with E-state index in [0.717, 1.165) is 24.5 Å². The van der Waals surface area contributed by atoms with E-state index >= 15 is 0 Å². The van der Waals surface area contributed by atoms with Crippen molar-refractivity contribution < 1.29 is 4.74 Å². The Balaban J connectivity index is 1.92. The molecule has 0 unspecified atom stereocenters. The number of benzene rings is 1. The summed E-state index contributed by atoms with van der Waals surface area (Å²) in [7, 11) is 1.69. The van der Waals surface area contributed by atoms with Crippen LogP contribution in [0.15, 0.2) is 30.5 Å². The number of nitrogens with zero attached hydrogens (tertiary/aromatic N) is 3. The van der Waals surface area contributed by atoms with Crippen LogP contribution in [-0.2, 0) is 13.1 Å². The second kappa shape index (κ2) is 4.70. The summed E-state index contributed by atoms with van der Waals surface area (Å²) in [6.07, 6.45) is 2.12. The number of hydrogen-bond donors (Lipinski definition) is 0. The fraction of sp³-hybridized carbons (Fsp3) is 0.400. The van der Waals surface area contributed by atoms with Crippen LogP contribution in [0.25, 0.3) is 5.69 Å². The van der Waals surface area contributed by atoms with Gasteiger partial charge < -0.3 is 4.74 Å². The Morgan fingerprint density at radius 3 is 2.68 bits per heavy atom. The van der Waals surface area contributed by atoms with Gasteiger partial charge in [-0.05, 0) is 26.0 Å². The molecule has 0 saturated carbocycles. The van der Waals surface area contributed by atoms with Gasteiger partial charge in [0.1, 0.15) is 11.4 Å². The number of fused-ring (bicyclic) bond motifs is 1. The molecule has 1 aliphatic heterocycles. The van der Waals surface area contributed by atoms with Gasteiger partial charge in [-0.3, -0.25) is 4.90 Å². The summed E-state index contributed by atoms with van der Waals surface area (Å²) < 4.78 is 7.32. The van der Waals surface area contributed by atoms with Crippen molar-refractivity contribution in [2.24, 2.45) is 0 Å². The summed E-state index contributed by atoms with van der Waals surface area (Å²) in [5.74, 6) is 0.851. The largest absolute Gasteiger partial charge is 0.494 e. The Morgan fingerprint density at radius 2 is 2.00 bits per heavy atom. The maximum atomic E-state index is 5.39. The zero-order valence-electron chi connectivity index (χ0n) is 11.6. The highest BCUT2D eigenvalue weighted by Crippen LogP contribution is 2.27. The van der Waals surface area contributed by atoms with Crippen LogP contribution in [0.2, 0.25) is 0 Å². The predicted octanol–water partition coefficient (Wildman–Crippen LogP) is 2.60. The average molecular weight is 257 g/mol. The molecule has 2 heterocycles. The number of aromatic nitrogens is 2. The van der Waals surface area contributed by atoms with Gasteiger partial charge >= 0.3 is 0 Å².